The number of sulfonamides is 1. The molecule has 1 amide bonds. The number of rotatable bonds is 12. The predicted molar refractivity (Wildman–Crippen MR) is 125 cm³/mol. The van der Waals surface area contributed by atoms with E-state index in [0.29, 0.717) is 24.6 Å². The highest BCUT2D eigenvalue weighted by Crippen LogP contribution is 2.29. The smallest absolute Gasteiger partial charge is 0.240 e. The number of para-hydroxylation sites is 2. The van der Waals surface area contributed by atoms with Crippen molar-refractivity contribution in [2.24, 2.45) is 0 Å². The van der Waals surface area contributed by atoms with E-state index in [1.54, 1.807) is 24.3 Å². The Kier molecular flexibility index (Phi) is 9.52. The van der Waals surface area contributed by atoms with Gasteiger partial charge in [0.15, 0.2) is 0 Å². The Morgan fingerprint density at radius 3 is 2.50 bits per heavy atom. The second kappa shape index (κ2) is 11.9. The van der Waals surface area contributed by atoms with Crippen LogP contribution in [-0.4, -0.2) is 46.0 Å². The molecular weight excluding hydrogens is 420 g/mol. The molecule has 0 aliphatic rings. The first kappa shape index (κ1) is 24.1. The Morgan fingerprint density at radius 1 is 1.13 bits per heavy atom. The van der Waals surface area contributed by atoms with Crippen molar-refractivity contribution in [1.82, 2.24) is 5.32 Å². The summed E-state index contributed by atoms with van der Waals surface area (Å²) in [7, 11) is -3.64. The van der Waals surface area contributed by atoms with Crippen LogP contribution >= 0.6 is 11.8 Å². The van der Waals surface area contributed by atoms with Gasteiger partial charge in [-0.3, -0.25) is 9.10 Å². The zero-order valence-corrected chi connectivity index (χ0v) is 19.4. The minimum Gasteiger partial charge on any atom is -0.492 e. The number of benzene rings is 2. The Bertz CT molecular complexity index is 915. The van der Waals surface area contributed by atoms with Gasteiger partial charge >= 0.3 is 0 Å². The molecule has 0 radical (unpaired) electrons. The van der Waals surface area contributed by atoms with E-state index in [1.165, 1.54) is 11.1 Å². The number of nitrogens with one attached hydrogen (secondary N) is 1. The molecular formula is C22H30N2O4S2. The van der Waals surface area contributed by atoms with Crippen LogP contribution in [0.3, 0.4) is 0 Å². The van der Waals surface area contributed by atoms with Gasteiger partial charge in [0.25, 0.3) is 0 Å². The molecule has 30 heavy (non-hydrogen) atoms. The molecule has 0 aromatic heterocycles. The fourth-order valence-electron chi connectivity index (χ4n) is 2.78. The molecule has 0 bridgehead atoms. The normalized spacial score (nSPS) is 11.2. The first-order valence-electron chi connectivity index (χ1n) is 9.90. The number of amides is 1. The van der Waals surface area contributed by atoms with Gasteiger partial charge in [0.2, 0.25) is 15.9 Å². The molecule has 0 aliphatic carbocycles. The van der Waals surface area contributed by atoms with Crippen molar-refractivity contribution in [2.75, 3.05) is 36.0 Å². The summed E-state index contributed by atoms with van der Waals surface area (Å²) >= 11 is 1.81. The number of hydrogen-bond acceptors (Lipinski definition) is 5. The summed E-state index contributed by atoms with van der Waals surface area (Å²) in [5.41, 5.74) is 2.90. The van der Waals surface area contributed by atoms with Gasteiger partial charge in [-0.1, -0.05) is 42.0 Å². The number of ether oxygens (including phenoxy) is 1. The van der Waals surface area contributed by atoms with Crippen LogP contribution in [-0.2, 0) is 20.6 Å². The minimum absolute atomic E-state index is 0.278. The quantitative estimate of drug-likeness (QED) is 0.500. The molecule has 8 heteroatoms. The Hall–Kier alpha value is -2.19. The van der Waals surface area contributed by atoms with E-state index in [0.717, 1.165) is 28.5 Å². The number of nitrogens with zero attached hydrogens (tertiary/aromatic N) is 1. The van der Waals surface area contributed by atoms with Gasteiger partial charge in [0.05, 0.1) is 18.6 Å². The van der Waals surface area contributed by atoms with Gasteiger partial charge in [-0.2, -0.15) is 11.8 Å². The molecule has 164 valence electrons. The molecule has 0 spiro atoms. The predicted octanol–water partition coefficient (Wildman–Crippen LogP) is 3.60. The lowest BCUT2D eigenvalue weighted by molar-refractivity contribution is -0.119. The number of thioether (sulfide) groups is 1. The van der Waals surface area contributed by atoms with Crippen molar-refractivity contribution in [3.63, 3.8) is 0 Å². The summed E-state index contributed by atoms with van der Waals surface area (Å²) < 4.78 is 31.2. The molecule has 0 atom stereocenters. The maximum Gasteiger partial charge on any atom is 0.240 e. The van der Waals surface area contributed by atoms with Crippen LogP contribution in [0, 0.1) is 6.92 Å². The lowest BCUT2D eigenvalue weighted by Gasteiger charge is -2.24. The Balaban J connectivity index is 1.82. The molecule has 6 nitrogen and oxygen atoms in total. The number of carbonyl (C=O) groups is 1. The van der Waals surface area contributed by atoms with Gasteiger partial charge in [0, 0.05) is 12.3 Å². The van der Waals surface area contributed by atoms with E-state index in [9.17, 15) is 13.2 Å². The van der Waals surface area contributed by atoms with Gasteiger partial charge in [0.1, 0.15) is 12.3 Å². The second-order valence-corrected chi connectivity index (χ2v) is 9.92. The molecule has 0 fully saturated rings. The van der Waals surface area contributed by atoms with E-state index in [1.807, 2.05) is 18.7 Å². The van der Waals surface area contributed by atoms with Crippen molar-refractivity contribution in [2.45, 2.75) is 26.0 Å². The van der Waals surface area contributed by atoms with Crippen LogP contribution in [0.5, 0.6) is 5.75 Å². The highest BCUT2D eigenvalue weighted by Gasteiger charge is 2.23. The molecule has 0 heterocycles. The van der Waals surface area contributed by atoms with Crippen LogP contribution in [0.4, 0.5) is 5.69 Å². The highest BCUT2D eigenvalue weighted by atomic mass is 32.2. The maximum atomic E-state index is 12.4. The Morgan fingerprint density at radius 2 is 1.83 bits per heavy atom. The summed E-state index contributed by atoms with van der Waals surface area (Å²) in [4.78, 5) is 12.4. The monoisotopic (exact) mass is 450 g/mol. The largest absolute Gasteiger partial charge is 0.492 e. The van der Waals surface area contributed by atoms with Crippen LogP contribution in [0.2, 0.25) is 0 Å². The third-order valence-electron chi connectivity index (χ3n) is 4.30. The fraction of sp³-hybridized carbons (Fsp3) is 0.409. The van der Waals surface area contributed by atoms with E-state index in [2.05, 4.69) is 36.5 Å². The van der Waals surface area contributed by atoms with Crippen LogP contribution in [0.25, 0.3) is 0 Å². The van der Waals surface area contributed by atoms with Gasteiger partial charge in [-0.05, 0) is 43.7 Å². The first-order chi connectivity index (χ1) is 14.3. The lowest BCUT2D eigenvalue weighted by Crippen LogP contribution is -2.40. The number of anilines is 1. The maximum absolute atomic E-state index is 12.4. The average molecular weight is 451 g/mol. The first-order valence-corrected chi connectivity index (χ1v) is 12.9. The van der Waals surface area contributed by atoms with E-state index in [-0.39, 0.29) is 12.5 Å². The summed E-state index contributed by atoms with van der Waals surface area (Å²) in [6, 6.07) is 15.3. The van der Waals surface area contributed by atoms with Crippen molar-refractivity contribution in [3.8, 4) is 5.75 Å². The number of hydrogen-bond donors (Lipinski definition) is 1. The third-order valence-corrected chi connectivity index (χ3v) is 6.54. The number of aryl methyl sites for hydroxylation is 1. The van der Waals surface area contributed by atoms with Crippen LogP contribution < -0.4 is 14.4 Å². The summed E-state index contributed by atoms with van der Waals surface area (Å²) in [6.07, 6.45) is 1.90. The average Bonchev–Trinajstić information content (AvgIpc) is 2.70. The Labute approximate surface area is 184 Å². The fourth-order valence-corrected chi connectivity index (χ4v) is 4.57. The molecule has 1 N–H and O–H groups in total. The third kappa shape index (κ3) is 7.91. The zero-order valence-electron chi connectivity index (χ0n) is 17.8. The summed E-state index contributed by atoms with van der Waals surface area (Å²) in [6.45, 7) is 4.52. The zero-order chi connectivity index (χ0) is 22.0. The van der Waals surface area contributed by atoms with E-state index < -0.39 is 10.0 Å². The standard InChI is InChI=1S/C22H30N2O4S2/c1-4-28-21-9-6-5-8-20(21)24(30(3,26)27)16-22(25)23-14-7-15-29-17-19-12-10-18(2)11-13-19/h5-6,8-13H,4,7,14-17H2,1-3H3,(H,23,25). The van der Waals surface area contributed by atoms with Crippen molar-refractivity contribution >= 4 is 33.4 Å². The molecule has 0 unspecified atom stereocenters. The minimum atomic E-state index is -3.64. The molecule has 2 aromatic rings. The topological polar surface area (TPSA) is 75.7 Å². The summed E-state index contributed by atoms with van der Waals surface area (Å²) in [5, 5.41) is 2.81. The molecule has 0 saturated heterocycles. The molecule has 2 aromatic carbocycles. The molecule has 0 aliphatic heterocycles. The van der Waals surface area contributed by atoms with E-state index in [4.69, 9.17) is 4.74 Å². The summed E-state index contributed by atoms with van der Waals surface area (Å²) in [5.74, 6) is 1.95. The SMILES string of the molecule is CCOc1ccccc1N(CC(=O)NCCCSCc1ccc(C)cc1)S(C)(=O)=O. The van der Waals surface area contributed by atoms with Crippen molar-refractivity contribution in [3.05, 3.63) is 59.7 Å². The van der Waals surface area contributed by atoms with Crippen molar-refractivity contribution < 1.29 is 17.9 Å². The lowest BCUT2D eigenvalue weighted by atomic mass is 10.2. The molecule has 2 rings (SSSR count). The van der Waals surface area contributed by atoms with Crippen LogP contribution in [0.15, 0.2) is 48.5 Å². The highest BCUT2D eigenvalue weighted by molar-refractivity contribution is 7.98. The number of carbonyl (C=O) groups excluding carboxylic acids is 1. The van der Waals surface area contributed by atoms with Crippen molar-refractivity contribution in [1.29, 1.82) is 0 Å². The second-order valence-electron chi connectivity index (χ2n) is 6.91. The van der Waals surface area contributed by atoms with E-state index >= 15 is 0 Å². The molecule has 0 saturated carbocycles. The van der Waals surface area contributed by atoms with Crippen LogP contribution in [0.1, 0.15) is 24.5 Å². The van der Waals surface area contributed by atoms with Gasteiger partial charge < -0.3 is 10.1 Å². The van der Waals surface area contributed by atoms with Gasteiger partial charge in [-0.25, -0.2) is 8.42 Å². The van der Waals surface area contributed by atoms with Gasteiger partial charge in [-0.15, -0.1) is 0 Å².